The van der Waals surface area contributed by atoms with Gasteiger partial charge < -0.3 is 9.97 Å². The maximum absolute atomic E-state index is 11.7. The molecule has 0 bridgehead atoms. The normalized spacial score (nSPS) is 18.1. The van der Waals surface area contributed by atoms with Gasteiger partial charge in [0.25, 0.3) is 0 Å². The van der Waals surface area contributed by atoms with E-state index >= 15 is 0 Å². The summed E-state index contributed by atoms with van der Waals surface area (Å²) < 4.78 is 0. The predicted molar refractivity (Wildman–Crippen MR) is 145 cm³/mol. The summed E-state index contributed by atoms with van der Waals surface area (Å²) in [5.74, 6) is 0.210. The third-order valence-electron chi connectivity index (χ3n) is 7.33. The topological polar surface area (TPSA) is 73.9 Å². The number of aliphatic imine (C=N–C) groups is 1. The minimum Gasteiger partial charge on any atom is -0.306 e. The highest BCUT2D eigenvalue weighted by atomic mass is 35.5. The molecule has 36 heavy (non-hydrogen) atoms. The first-order chi connectivity index (χ1) is 17.5. The fraction of sp³-hybridized carbons (Fsp3) is 0.138. The van der Waals surface area contributed by atoms with Crippen molar-refractivity contribution in [1.82, 2.24) is 15.0 Å². The number of pyridine rings is 1. The number of rotatable bonds is 3. The van der Waals surface area contributed by atoms with E-state index in [2.05, 4.69) is 39.2 Å². The van der Waals surface area contributed by atoms with Gasteiger partial charge in [0, 0.05) is 35.0 Å². The second kappa shape index (κ2) is 8.19. The third-order valence-corrected chi connectivity index (χ3v) is 7.86. The van der Waals surface area contributed by atoms with Gasteiger partial charge >= 0.3 is 5.69 Å². The van der Waals surface area contributed by atoms with Gasteiger partial charge in [0.05, 0.1) is 21.7 Å². The first-order valence-electron chi connectivity index (χ1n) is 11.9. The maximum atomic E-state index is 11.7. The number of benzene rings is 3. The Morgan fingerprint density at radius 2 is 1.75 bits per heavy atom. The molecular formula is C29H20Cl2N4O. The van der Waals surface area contributed by atoms with E-state index in [4.69, 9.17) is 28.2 Å². The van der Waals surface area contributed by atoms with Crippen LogP contribution in [0, 0.1) is 0 Å². The maximum Gasteiger partial charge on any atom is 0.323 e. The van der Waals surface area contributed by atoms with Crippen molar-refractivity contribution in [3.05, 3.63) is 115 Å². The summed E-state index contributed by atoms with van der Waals surface area (Å²) in [5.41, 5.74) is 10.0. The number of aromatic amines is 2. The second-order valence-electron chi connectivity index (χ2n) is 9.44. The molecule has 0 spiro atoms. The van der Waals surface area contributed by atoms with Crippen LogP contribution in [0.1, 0.15) is 46.2 Å². The van der Waals surface area contributed by atoms with Gasteiger partial charge in [-0.3, -0.25) is 9.98 Å². The SMILES string of the molecule is O=c1[nH]c2ccc(C3C=Nc4c(Cl)cc(-c5ccnc(C6CCc7cc(Cl)ccc76)c5)cc43)cc2[nH]1. The number of nitrogens with one attached hydrogen (secondary N) is 2. The summed E-state index contributed by atoms with van der Waals surface area (Å²) >= 11 is 12.9. The van der Waals surface area contributed by atoms with E-state index in [1.165, 1.54) is 11.1 Å². The molecule has 7 rings (SSSR count). The van der Waals surface area contributed by atoms with Crippen LogP contribution in [0.3, 0.4) is 0 Å². The Morgan fingerprint density at radius 1 is 0.861 bits per heavy atom. The number of hydrogen-bond donors (Lipinski definition) is 2. The van der Waals surface area contributed by atoms with Crippen LogP contribution in [0.15, 0.2) is 76.6 Å². The van der Waals surface area contributed by atoms with Crippen molar-refractivity contribution in [2.75, 3.05) is 0 Å². The molecule has 0 saturated heterocycles. The molecule has 2 N–H and O–H groups in total. The van der Waals surface area contributed by atoms with E-state index in [1.54, 1.807) is 0 Å². The lowest BCUT2D eigenvalue weighted by atomic mass is 9.90. The van der Waals surface area contributed by atoms with Crippen LogP contribution in [0.5, 0.6) is 0 Å². The highest BCUT2D eigenvalue weighted by Crippen LogP contribution is 2.45. The van der Waals surface area contributed by atoms with Crippen molar-refractivity contribution in [2.45, 2.75) is 24.7 Å². The van der Waals surface area contributed by atoms with Crippen molar-refractivity contribution in [3.63, 3.8) is 0 Å². The fourth-order valence-electron chi connectivity index (χ4n) is 5.61. The number of halogens is 2. The van der Waals surface area contributed by atoms with Crippen LogP contribution in [0.2, 0.25) is 10.0 Å². The summed E-state index contributed by atoms with van der Waals surface area (Å²) in [6, 6.07) is 20.5. The summed E-state index contributed by atoms with van der Waals surface area (Å²) in [7, 11) is 0. The van der Waals surface area contributed by atoms with Gasteiger partial charge in [-0.05, 0) is 94.8 Å². The van der Waals surface area contributed by atoms with E-state index in [9.17, 15) is 4.79 Å². The average molecular weight is 511 g/mol. The van der Waals surface area contributed by atoms with E-state index in [0.29, 0.717) is 5.02 Å². The molecule has 1 aliphatic carbocycles. The van der Waals surface area contributed by atoms with Crippen molar-refractivity contribution < 1.29 is 0 Å². The Morgan fingerprint density at radius 3 is 2.67 bits per heavy atom. The first-order valence-corrected chi connectivity index (χ1v) is 12.6. The largest absolute Gasteiger partial charge is 0.323 e. The van der Waals surface area contributed by atoms with Crippen LogP contribution >= 0.6 is 23.2 Å². The molecule has 0 radical (unpaired) electrons. The average Bonchev–Trinajstić information content (AvgIpc) is 3.59. The Labute approximate surface area is 216 Å². The Hall–Kier alpha value is -3.67. The monoisotopic (exact) mass is 510 g/mol. The lowest BCUT2D eigenvalue weighted by molar-refractivity contribution is 0.762. The van der Waals surface area contributed by atoms with Crippen LogP contribution in [-0.4, -0.2) is 21.2 Å². The van der Waals surface area contributed by atoms with Gasteiger partial charge in [0.15, 0.2) is 0 Å². The molecule has 0 saturated carbocycles. The van der Waals surface area contributed by atoms with E-state index < -0.39 is 0 Å². The second-order valence-corrected chi connectivity index (χ2v) is 10.3. The van der Waals surface area contributed by atoms with E-state index in [0.717, 1.165) is 62.5 Å². The Bertz CT molecular complexity index is 1770. The highest BCUT2D eigenvalue weighted by Gasteiger charge is 2.27. The quantitative estimate of drug-likeness (QED) is 0.270. The zero-order valence-corrected chi connectivity index (χ0v) is 20.6. The minimum atomic E-state index is -0.213. The number of aromatic nitrogens is 3. The smallest absolute Gasteiger partial charge is 0.306 e. The molecule has 5 nitrogen and oxygen atoms in total. The number of aryl methyl sites for hydroxylation is 1. The number of fused-ring (bicyclic) bond motifs is 3. The van der Waals surface area contributed by atoms with E-state index in [1.807, 2.05) is 48.8 Å². The summed E-state index contributed by atoms with van der Waals surface area (Å²) in [6.07, 6.45) is 5.83. The van der Waals surface area contributed by atoms with Gasteiger partial charge in [-0.2, -0.15) is 0 Å². The van der Waals surface area contributed by atoms with Crippen molar-refractivity contribution in [3.8, 4) is 11.1 Å². The molecule has 3 aromatic carbocycles. The molecular weight excluding hydrogens is 491 g/mol. The van der Waals surface area contributed by atoms with Crippen molar-refractivity contribution in [1.29, 1.82) is 0 Å². The third kappa shape index (κ3) is 3.50. The molecule has 2 unspecified atom stereocenters. The fourth-order valence-corrected chi connectivity index (χ4v) is 6.08. The lowest BCUT2D eigenvalue weighted by Crippen LogP contribution is -2.01. The van der Waals surface area contributed by atoms with E-state index in [-0.39, 0.29) is 17.5 Å². The van der Waals surface area contributed by atoms with Crippen LogP contribution < -0.4 is 5.69 Å². The predicted octanol–water partition coefficient (Wildman–Crippen LogP) is 7.15. The zero-order valence-electron chi connectivity index (χ0n) is 19.1. The molecule has 0 fully saturated rings. The highest BCUT2D eigenvalue weighted by molar-refractivity contribution is 6.34. The van der Waals surface area contributed by atoms with Gasteiger partial charge in [-0.25, -0.2) is 4.79 Å². The van der Waals surface area contributed by atoms with Crippen molar-refractivity contribution >= 4 is 46.1 Å². The van der Waals surface area contributed by atoms with Gasteiger partial charge in [0.2, 0.25) is 0 Å². The number of nitrogens with zero attached hydrogens (tertiary/aromatic N) is 2. The van der Waals surface area contributed by atoms with Crippen LogP contribution in [0.4, 0.5) is 5.69 Å². The number of imidazole rings is 1. The molecule has 2 atom stereocenters. The molecule has 7 heteroatoms. The Kier molecular flexibility index (Phi) is 4.91. The Balaban J connectivity index is 1.28. The molecule has 0 amide bonds. The van der Waals surface area contributed by atoms with Crippen LogP contribution in [-0.2, 0) is 6.42 Å². The first kappa shape index (κ1) is 21.6. The molecule has 3 heterocycles. The standard InChI is InChI=1S/C29H20Cl2N4O/c30-19-3-5-20-16(9-19)1-4-21(20)26-12-15(7-8-32-26)18-10-22-23(14-33-28(22)24(31)11-18)17-2-6-25-27(13-17)35-29(36)34-25/h2-3,5-14,21,23H,1,4H2,(H2,34,35,36). The molecule has 176 valence electrons. The van der Waals surface area contributed by atoms with Gasteiger partial charge in [-0.1, -0.05) is 35.3 Å². The summed E-state index contributed by atoms with van der Waals surface area (Å²) in [4.78, 5) is 26.7. The van der Waals surface area contributed by atoms with Gasteiger partial charge in [-0.15, -0.1) is 0 Å². The van der Waals surface area contributed by atoms with Gasteiger partial charge in [0.1, 0.15) is 0 Å². The number of hydrogen-bond acceptors (Lipinski definition) is 3. The zero-order chi connectivity index (χ0) is 24.4. The van der Waals surface area contributed by atoms with Crippen molar-refractivity contribution in [2.24, 2.45) is 4.99 Å². The summed E-state index contributed by atoms with van der Waals surface area (Å²) in [6.45, 7) is 0. The minimum absolute atomic E-state index is 0.0481. The molecule has 1 aliphatic heterocycles. The lowest BCUT2D eigenvalue weighted by Gasteiger charge is -2.15. The van der Waals surface area contributed by atoms with Crippen LogP contribution in [0.25, 0.3) is 22.2 Å². The number of H-pyrrole nitrogens is 2. The molecule has 5 aromatic rings. The summed E-state index contributed by atoms with van der Waals surface area (Å²) in [5, 5.41) is 1.40. The molecule has 2 aromatic heterocycles. The molecule has 2 aliphatic rings.